The average Bonchev–Trinajstić information content (AvgIpc) is 3.06. The number of amides is 3. The zero-order valence-corrected chi connectivity index (χ0v) is 20.4. The van der Waals surface area contributed by atoms with E-state index in [9.17, 15) is 44.0 Å². The standard InChI is InChI=1S/C19H23F4N3O8S2/c1-35(29,30)19(16(27)24-17(28)25-19)11-36(31,32)26-8-6-14(7-9-26)34-13-4-2-12(3-5-13)33-10-18(22,23)15(20)21/h2-5,14-15H,6-11H2,1H3,(H2,24,25,27,28)/t19-/m1/s1. The van der Waals surface area contributed by atoms with Crippen molar-refractivity contribution in [2.24, 2.45) is 0 Å². The lowest BCUT2D eigenvalue weighted by molar-refractivity contribution is -0.148. The number of piperidine rings is 1. The van der Waals surface area contributed by atoms with Gasteiger partial charge in [0.1, 0.15) is 23.4 Å². The number of sulfone groups is 1. The highest BCUT2D eigenvalue weighted by molar-refractivity contribution is 7.95. The fourth-order valence-electron chi connectivity index (χ4n) is 3.57. The Kier molecular flexibility index (Phi) is 7.76. The monoisotopic (exact) mass is 561 g/mol. The van der Waals surface area contributed by atoms with Crippen LogP contribution in [0.3, 0.4) is 0 Å². The van der Waals surface area contributed by atoms with E-state index in [2.05, 4.69) is 4.74 Å². The number of carbonyl (C=O) groups excluding carboxylic acids is 2. The van der Waals surface area contributed by atoms with Crippen LogP contribution in [0.4, 0.5) is 22.4 Å². The molecule has 17 heteroatoms. The molecular weight excluding hydrogens is 538 g/mol. The van der Waals surface area contributed by atoms with Gasteiger partial charge in [0.15, 0.2) is 16.4 Å². The summed E-state index contributed by atoms with van der Waals surface area (Å²) in [5.74, 6) is -6.52. The molecular formula is C19H23F4N3O8S2. The molecule has 0 saturated carbocycles. The van der Waals surface area contributed by atoms with Crippen molar-refractivity contribution >= 4 is 31.8 Å². The molecule has 1 aromatic carbocycles. The van der Waals surface area contributed by atoms with Crippen LogP contribution in [-0.2, 0) is 24.7 Å². The Labute approximate surface area is 204 Å². The lowest BCUT2D eigenvalue weighted by Crippen LogP contribution is -2.60. The number of halogens is 4. The summed E-state index contributed by atoms with van der Waals surface area (Å²) in [4.78, 5) is 21.0. The molecule has 2 fully saturated rings. The van der Waals surface area contributed by atoms with Gasteiger partial charge in [0.2, 0.25) is 14.9 Å². The Morgan fingerprint density at radius 1 is 1.08 bits per heavy atom. The zero-order valence-electron chi connectivity index (χ0n) is 18.7. The lowest BCUT2D eigenvalue weighted by Gasteiger charge is -2.33. The molecule has 0 aromatic heterocycles. The van der Waals surface area contributed by atoms with Gasteiger partial charge in [-0.25, -0.2) is 34.7 Å². The van der Waals surface area contributed by atoms with Crippen molar-refractivity contribution in [3.05, 3.63) is 24.3 Å². The van der Waals surface area contributed by atoms with Crippen molar-refractivity contribution in [1.29, 1.82) is 0 Å². The minimum atomic E-state index is -4.35. The molecule has 0 radical (unpaired) electrons. The largest absolute Gasteiger partial charge is 0.490 e. The second-order valence-electron chi connectivity index (χ2n) is 8.30. The van der Waals surface area contributed by atoms with Crippen molar-refractivity contribution in [3.8, 4) is 11.5 Å². The van der Waals surface area contributed by atoms with E-state index >= 15 is 0 Å². The van der Waals surface area contributed by atoms with Gasteiger partial charge >= 0.3 is 18.4 Å². The number of hydrogen-bond acceptors (Lipinski definition) is 8. The van der Waals surface area contributed by atoms with Gasteiger partial charge in [-0.3, -0.25) is 10.1 Å². The van der Waals surface area contributed by atoms with Crippen LogP contribution >= 0.6 is 0 Å². The molecule has 11 nitrogen and oxygen atoms in total. The number of alkyl halides is 4. The average molecular weight is 562 g/mol. The Morgan fingerprint density at radius 3 is 2.11 bits per heavy atom. The van der Waals surface area contributed by atoms with E-state index in [1.165, 1.54) is 24.3 Å². The molecule has 202 valence electrons. The minimum Gasteiger partial charge on any atom is -0.490 e. The number of nitrogens with one attached hydrogen (secondary N) is 2. The number of ether oxygens (including phenoxy) is 2. The highest BCUT2D eigenvalue weighted by Gasteiger charge is 2.58. The summed E-state index contributed by atoms with van der Waals surface area (Å²) in [6.07, 6.45) is -3.27. The van der Waals surface area contributed by atoms with E-state index in [-0.39, 0.29) is 31.7 Å². The fourth-order valence-corrected chi connectivity index (χ4v) is 7.21. The number of hydrogen-bond donors (Lipinski definition) is 2. The van der Waals surface area contributed by atoms with Gasteiger partial charge in [0.25, 0.3) is 5.91 Å². The van der Waals surface area contributed by atoms with Crippen LogP contribution in [-0.4, -0.2) is 88.1 Å². The molecule has 1 atom stereocenters. The number of carbonyl (C=O) groups is 2. The number of nitrogens with zero attached hydrogens (tertiary/aromatic N) is 1. The van der Waals surface area contributed by atoms with E-state index in [1.54, 1.807) is 5.32 Å². The van der Waals surface area contributed by atoms with Gasteiger partial charge in [-0.2, -0.15) is 8.78 Å². The van der Waals surface area contributed by atoms with Gasteiger partial charge in [0.05, 0.1) is 0 Å². The predicted octanol–water partition coefficient (Wildman–Crippen LogP) is 0.719. The topological polar surface area (TPSA) is 148 Å². The molecule has 0 bridgehead atoms. The molecule has 0 aliphatic carbocycles. The molecule has 0 unspecified atom stereocenters. The first-order valence-electron chi connectivity index (χ1n) is 10.4. The molecule has 2 N–H and O–H groups in total. The first kappa shape index (κ1) is 27.9. The number of benzene rings is 1. The SMILES string of the molecule is CS(=O)(=O)[C@@]1(CS(=O)(=O)N2CCC(Oc3ccc(OCC(F)(F)C(F)F)cc3)CC2)NC(=O)NC1=O. The van der Waals surface area contributed by atoms with Crippen molar-refractivity contribution in [2.75, 3.05) is 31.7 Å². The van der Waals surface area contributed by atoms with Gasteiger partial charge < -0.3 is 14.8 Å². The van der Waals surface area contributed by atoms with Crippen molar-refractivity contribution < 1.29 is 53.5 Å². The van der Waals surface area contributed by atoms with Crippen LogP contribution in [0.15, 0.2) is 24.3 Å². The van der Waals surface area contributed by atoms with Crippen LogP contribution in [0, 0.1) is 0 Å². The van der Waals surface area contributed by atoms with E-state index in [0.717, 1.165) is 4.31 Å². The fraction of sp³-hybridized carbons (Fsp3) is 0.579. The summed E-state index contributed by atoms with van der Waals surface area (Å²) >= 11 is 0. The smallest absolute Gasteiger partial charge is 0.340 e. The van der Waals surface area contributed by atoms with Crippen molar-refractivity contribution in [3.63, 3.8) is 0 Å². The van der Waals surface area contributed by atoms with Crippen LogP contribution in [0.1, 0.15) is 12.8 Å². The highest BCUT2D eigenvalue weighted by atomic mass is 32.2. The molecule has 2 heterocycles. The van der Waals surface area contributed by atoms with Crippen LogP contribution in [0.25, 0.3) is 0 Å². The molecule has 3 amide bonds. The maximum atomic E-state index is 13.0. The predicted molar refractivity (Wildman–Crippen MR) is 116 cm³/mol. The van der Waals surface area contributed by atoms with E-state index in [1.807, 2.05) is 5.32 Å². The third-order valence-corrected chi connectivity index (χ3v) is 9.43. The van der Waals surface area contributed by atoms with Crippen molar-refractivity contribution in [1.82, 2.24) is 14.9 Å². The summed E-state index contributed by atoms with van der Waals surface area (Å²) in [5.41, 5.74) is 0. The molecule has 3 rings (SSSR count). The number of imide groups is 1. The summed E-state index contributed by atoms with van der Waals surface area (Å²) in [7, 11) is -8.65. The third-order valence-electron chi connectivity index (χ3n) is 5.60. The summed E-state index contributed by atoms with van der Waals surface area (Å²) < 4.78 is 112. The number of urea groups is 1. The second kappa shape index (κ2) is 10.0. The number of sulfonamides is 1. The first-order chi connectivity index (χ1) is 16.6. The van der Waals surface area contributed by atoms with E-state index in [4.69, 9.17) is 4.74 Å². The molecule has 2 aliphatic heterocycles. The Hall–Kier alpha value is -2.66. The highest BCUT2D eigenvalue weighted by Crippen LogP contribution is 2.28. The van der Waals surface area contributed by atoms with Crippen LogP contribution in [0.5, 0.6) is 11.5 Å². The Balaban J connectivity index is 1.57. The Bertz CT molecular complexity index is 1200. The van der Waals surface area contributed by atoms with Gasteiger partial charge in [-0.15, -0.1) is 0 Å². The summed E-state index contributed by atoms with van der Waals surface area (Å²) in [6.45, 7) is -1.62. The van der Waals surface area contributed by atoms with E-state index < -0.39 is 67.5 Å². The molecule has 1 aromatic rings. The van der Waals surface area contributed by atoms with Crippen LogP contribution in [0.2, 0.25) is 0 Å². The maximum Gasteiger partial charge on any atom is 0.340 e. The van der Waals surface area contributed by atoms with Crippen LogP contribution < -0.4 is 20.1 Å². The Morgan fingerprint density at radius 2 is 1.64 bits per heavy atom. The zero-order chi connectivity index (χ0) is 26.9. The molecule has 0 spiro atoms. The second-order valence-corrected chi connectivity index (χ2v) is 12.5. The number of rotatable bonds is 10. The normalized spacial score (nSPS) is 22.4. The molecule has 2 aliphatic rings. The van der Waals surface area contributed by atoms with Gasteiger partial charge in [-0.1, -0.05) is 0 Å². The molecule has 36 heavy (non-hydrogen) atoms. The molecule has 2 saturated heterocycles. The van der Waals surface area contributed by atoms with Gasteiger partial charge in [-0.05, 0) is 37.1 Å². The summed E-state index contributed by atoms with van der Waals surface area (Å²) in [5, 5.41) is 3.66. The van der Waals surface area contributed by atoms with Gasteiger partial charge in [0, 0.05) is 19.3 Å². The van der Waals surface area contributed by atoms with E-state index in [0.29, 0.717) is 12.0 Å². The first-order valence-corrected chi connectivity index (χ1v) is 13.9. The maximum absolute atomic E-state index is 13.0. The lowest BCUT2D eigenvalue weighted by atomic mass is 10.1. The summed E-state index contributed by atoms with van der Waals surface area (Å²) in [6, 6.07) is 4.13. The minimum absolute atomic E-state index is 0.0632. The van der Waals surface area contributed by atoms with Crippen molar-refractivity contribution in [2.45, 2.75) is 36.2 Å². The quantitative estimate of drug-likeness (QED) is 0.314. The third kappa shape index (κ3) is 6.00.